The van der Waals surface area contributed by atoms with Crippen LogP contribution >= 0.6 is 0 Å². The van der Waals surface area contributed by atoms with Gasteiger partial charge in [-0.15, -0.1) is 0 Å². The zero-order chi connectivity index (χ0) is 11.5. The van der Waals surface area contributed by atoms with Crippen molar-refractivity contribution in [3.63, 3.8) is 0 Å². The number of rotatable bonds is 3. The largest absolute Gasteiger partial charge is 0.309 e. The van der Waals surface area contributed by atoms with Crippen molar-refractivity contribution >= 4 is 0 Å². The van der Waals surface area contributed by atoms with Gasteiger partial charge in [-0.25, -0.2) is 4.98 Å². The van der Waals surface area contributed by atoms with E-state index in [0.29, 0.717) is 5.92 Å². The Balaban J connectivity index is 2.18. The van der Waals surface area contributed by atoms with E-state index < -0.39 is 0 Å². The van der Waals surface area contributed by atoms with Crippen molar-refractivity contribution in [2.75, 3.05) is 6.54 Å². The summed E-state index contributed by atoms with van der Waals surface area (Å²) in [5.41, 5.74) is 0.809. The standard InChI is InChI=1S/C12H19N3O/c1-8(2)6-9-7-14-11(15-12(9)16)10-4-3-5-13-10/h7-8,10,13H,3-6H2,1-2H3,(H,14,15,16). The van der Waals surface area contributed by atoms with Crippen LogP contribution < -0.4 is 10.9 Å². The van der Waals surface area contributed by atoms with Gasteiger partial charge in [0.2, 0.25) is 0 Å². The highest BCUT2D eigenvalue weighted by Crippen LogP contribution is 2.18. The number of hydrogen-bond donors (Lipinski definition) is 2. The van der Waals surface area contributed by atoms with E-state index in [4.69, 9.17) is 0 Å². The van der Waals surface area contributed by atoms with Crippen molar-refractivity contribution in [2.24, 2.45) is 5.92 Å². The Morgan fingerprint density at radius 1 is 1.56 bits per heavy atom. The van der Waals surface area contributed by atoms with Crippen LogP contribution in [0.25, 0.3) is 0 Å². The smallest absolute Gasteiger partial charge is 0.254 e. The summed E-state index contributed by atoms with van der Waals surface area (Å²) in [6.45, 7) is 5.22. The van der Waals surface area contributed by atoms with Gasteiger partial charge in [0, 0.05) is 11.8 Å². The molecule has 1 aliphatic rings. The number of aromatic nitrogens is 2. The normalized spacial score (nSPS) is 20.6. The molecule has 0 spiro atoms. The van der Waals surface area contributed by atoms with Crippen molar-refractivity contribution in [3.8, 4) is 0 Å². The van der Waals surface area contributed by atoms with E-state index in [9.17, 15) is 4.79 Å². The number of H-pyrrole nitrogens is 1. The van der Waals surface area contributed by atoms with Crippen molar-refractivity contribution < 1.29 is 0 Å². The molecule has 0 radical (unpaired) electrons. The zero-order valence-electron chi connectivity index (χ0n) is 9.92. The molecule has 1 atom stereocenters. The van der Waals surface area contributed by atoms with Crippen LogP contribution in [0.4, 0.5) is 0 Å². The molecule has 2 heterocycles. The molecular formula is C12H19N3O. The lowest BCUT2D eigenvalue weighted by Gasteiger charge is -2.10. The number of aromatic amines is 1. The van der Waals surface area contributed by atoms with E-state index in [1.54, 1.807) is 6.20 Å². The zero-order valence-corrected chi connectivity index (χ0v) is 9.92. The molecule has 0 bridgehead atoms. The molecule has 1 fully saturated rings. The fourth-order valence-electron chi connectivity index (χ4n) is 2.12. The van der Waals surface area contributed by atoms with Crippen LogP contribution in [0, 0.1) is 5.92 Å². The third-order valence-electron chi connectivity index (χ3n) is 2.91. The first-order chi connectivity index (χ1) is 7.66. The molecule has 0 amide bonds. The number of hydrogen-bond acceptors (Lipinski definition) is 3. The van der Waals surface area contributed by atoms with Crippen molar-refractivity contribution in [3.05, 3.63) is 27.9 Å². The monoisotopic (exact) mass is 221 g/mol. The van der Waals surface area contributed by atoms with Gasteiger partial charge in [-0.1, -0.05) is 13.8 Å². The molecular weight excluding hydrogens is 202 g/mol. The minimum atomic E-state index is 0.0207. The van der Waals surface area contributed by atoms with Crippen LogP contribution in [0.5, 0.6) is 0 Å². The summed E-state index contributed by atoms with van der Waals surface area (Å²) in [7, 11) is 0. The second-order valence-corrected chi connectivity index (χ2v) is 4.87. The third-order valence-corrected chi connectivity index (χ3v) is 2.91. The molecule has 1 aliphatic heterocycles. The second-order valence-electron chi connectivity index (χ2n) is 4.87. The predicted molar refractivity (Wildman–Crippen MR) is 63.4 cm³/mol. The Kier molecular flexibility index (Phi) is 3.39. The van der Waals surface area contributed by atoms with Crippen molar-refractivity contribution in [2.45, 2.75) is 39.2 Å². The summed E-state index contributed by atoms with van der Waals surface area (Å²) in [5.74, 6) is 1.27. The molecule has 2 N–H and O–H groups in total. The van der Waals surface area contributed by atoms with Crippen molar-refractivity contribution in [1.29, 1.82) is 0 Å². The van der Waals surface area contributed by atoms with E-state index in [-0.39, 0.29) is 11.6 Å². The SMILES string of the molecule is CC(C)Cc1cnc(C2CCCN2)[nH]c1=O. The Hall–Kier alpha value is -1.16. The van der Waals surface area contributed by atoms with E-state index in [2.05, 4.69) is 29.1 Å². The van der Waals surface area contributed by atoms with Gasteiger partial charge in [-0.05, 0) is 31.7 Å². The molecule has 1 aromatic rings. The molecule has 0 saturated carbocycles. The molecule has 0 aromatic carbocycles. The third kappa shape index (κ3) is 2.50. The first-order valence-electron chi connectivity index (χ1n) is 5.98. The molecule has 1 unspecified atom stereocenters. The predicted octanol–water partition coefficient (Wildman–Crippen LogP) is 1.39. The minimum absolute atomic E-state index is 0.0207. The van der Waals surface area contributed by atoms with Crippen LogP contribution in [0.15, 0.2) is 11.0 Å². The highest BCUT2D eigenvalue weighted by Gasteiger charge is 2.18. The molecule has 0 aliphatic carbocycles. The topological polar surface area (TPSA) is 57.8 Å². The summed E-state index contributed by atoms with van der Waals surface area (Å²) < 4.78 is 0. The van der Waals surface area contributed by atoms with Crippen LogP contribution in [-0.2, 0) is 6.42 Å². The first kappa shape index (κ1) is 11.3. The lowest BCUT2D eigenvalue weighted by atomic mass is 10.1. The van der Waals surface area contributed by atoms with Crippen molar-refractivity contribution in [1.82, 2.24) is 15.3 Å². The molecule has 1 aromatic heterocycles. The highest BCUT2D eigenvalue weighted by molar-refractivity contribution is 5.09. The lowest BCUT2D eigenvalue weighted by molar-refractivity contribution is 0.592. The number of nitrogens with zero attached hydrogens (tertiary/aromatic N) is 1. The fourth-order valence-corrected chi connectivity index (χ4v) is 2.12. The van der Waals surface area contributed by atoms with Gasteiger partial charge < -0.3 is 10.3 Å². The summed E-state index contributed by atoms with van der Waals surface area (Å²) in [5, 5.41) is 3.33. The van der Waals surface area contributed by atoms with Gasteiger partial charge in [0.1, 0.15) is 5.82 Å². The molecule has 4 heteroatoms. The Bertz CT molecular complexity index is 405. The van der Waals surface area contributed by atoms with E-state index in [0.717, 1.165) is 37.2 Å². The Morgan fingerprint density at radius 3 is 2.94 bits per heavy atom. The minimum Gasteiger partial charge on any atom is -0.309 e. The average molecular weight is 221 g/mol. The van der Waals surface area contributed by atoms with Crippen LogP contribution in [0.3, 0.4) is 0 Å². The summed E-state index contributed by atoms with van der Waals surface area (Å²) >= 11 is 0. The highest BCUT2D eigenvalue weighted by atomic mass is 16.1. The van der Waals surface area contributed by atoms with Gasteiger partial charge in [-0.2, -0.15) is 0 Å². The van der Waals surface area contributed by atoms with Gasteiger partial charge in [0.25, 0.3) is 5.56 Å². The van der Waals surface area contributed by atoms with E-state index in [1.807, 2.05) is 0 Å². The van der Waals surface area contributed by atoms with Gasteiger partial charge >= 0.3 is 0 Å². The van der Waals surface area contributed by atoms with Crippen LogP contribution in [-0.4, -0.2) is 16.5 Å². The van der Waals surface area contributed by atoms with E-state index >= 15 is 0 Å². The van der Waals surface area contributed by atoms with Gasteiger partial charge in [0.15, 0.2) is 0 Å². The quantitative estimate of drug-likeness (QED) is 0.811. The maximum Gasteiger partial charge on any atom is 0.254 e. The Morgan fingerprint density at radius 2 is 2.38 bits per heavy atom. The maximum atomic E-state index is 11.8. The average Bonchev–Trinajstić information content (AvgIpc) is 2.73. The van der Waals surface area contributed by atoms with Gasteiger partial charge in [0.05, 0.1) is 6.04 Å². The fraction of sp³-hybridized carbons (Fsp3) is 0.667. The molecule has 2 rings (SSSR count). The van der Waals surface area contributed by atoms with Crippen LogP contribution in [0.1, 0.15) is 44.1 Å². The van der Waals surface area contributed by atoms with E-state index in [1.165, 1.54) is 0 Å². The van der Waals surface area contributed by atoms with Gasteiger partial charge in [-0.3, -0.25) is 4.79 Å². The molecule has 1 saturated heterocycles. The summed E-state index contributed by atoms with van der Waals surface area (Å²) in [6.07, 6.45) is 4.74. The number of nitrogens with one attached hydrogen (secondary N) is 2. The summed E-state index contributed by atoms with van der Waals surface area (Å²) in [4.78, 5) is 19.1. The molecule has 4 nitrogen and oxygen atoms in total. The first-order valence-corrected chi connectivity index (χ1v) is 5.98. The summed E-state index contributed by atoms with van der Waals surface area (Å²) in [6, 6.07) is 0.237. The van der Waals surface area contributed by atoms with Crippen LogP contribution in [0.2, 0.25) is 0 Å². The molecule has 88 valence electrons. The Labute approximate surface area is 95.5 Å². The maximum absolute atomic E-state index is 11.8. The lowest BCUT2D eigenvalue weighted by Crippen LogP contribution is -2.23. The molecule has 16 heavy (non-hydrogen) atoms. The second kappa shape index (κ2) is 4.78.